The Balaban J connectivity index is 1.68. The summed E-state index contributed by atoms with van der Waals surface area (Å²) < 4.78 is 5.49. The van der Waals surface area contributed by atoms with Gasteiger partial charge in [0.05, 0.1) is 0 Å². The molecule has 1 aliphatic carbocycles. The third-order valence-electron chi connectivity index (χ3n) is 5.39. The second kappa shape index (κ2) is 8.27. The Morgan fingerprint density at radius 2 is 1.55 bits per heavy atom. The molecule has 29 heavy (non-hydrogen) atoms. The third kappa shape index (κ3) is 4.78. The van der Waals surface area contributed by atoms with Gasteiger partial charge in [-0.05, 0) is 40.0 Å². The standard InChI is InChI=1S/C24H29NO4/c1-15(13-24(2,3)4)21(22(26)27)25-23(28)29-14-20-18-11-7-5-9-16(18)17-10-6-8-12-19(17)20/h5-12,15,20-21H,13-14H2,1-4H3,(H,25,28)(H,26,27)/t15-,21+/m1/s1. The van der Waals surface area contributed by atoms with Gasteiger partial charge in [0, 0.05) is 5.92 Å². The van der Waals surface area contributed by atoms with Gasteiger partial charge in [0.25, 0.3) is 0 Å². The maximum atomic E-state index is 12.4. The Kier molecular flexibility index (Phi) is 5.96. The van der Waals surface area contributed by atoms with Crippen LogP contribution in [0.15, 0.2) is 48.5 Å². The summed E-state index contributed by atoms with van der Waals surface area (Å²) in [7, 11) is 0. The number of hydrogen-bond donors (Lipinski definition) is 2. The van der Waals surface area contributed by atoms with Crippen molar-refractivity contribution >= 4 is 12.1 Å². The Bertz CT molecular complexity index is 854. The number of ether oxygens (including phenoxy) is 1. The molecule has 2 N–H and O–H groups in total. The van der Waals surface area contributed by atoms with Crippen molar-refractivity contribution in [2.75, 3.05) is 6.61 Å². The highest BCUT2D eigenvalue weighted by molar-refractivity contribution is 5.81. The predicted octanol–water partition coefficient (Wildman–Crippen LogP) is 5.05. The van der Waals surface area contributed by atoms with Gasteiger partial charge in [-0.25, -0.2) is 9.59 Å². The molecule has 0 unspecified atom stereocenters. The number of aliphatic carboxylic acids is 1. The van der Waals surface area contributed by atoms with E-state index in [1.54, 1.807) is 0 Å². The number of benzene rings is 2. The van der Waals surface area contributed by atoms with E-state index in [9.17, 15) is 14.7 Å². The molecule has 0 saturated carbocycles. The van der Waals surface area contributed by atoms with Crippen molar-refractivity contribution in [1.82, 2.24) is 5.32 Å². The molecule has 1 aliphatic rings. The van der Waals surface area contributed by atoms with Crippen molar-refractivity contribution in [1.29, 1.82) is 0 Å². The summed E-state index contributed by atoms with van der Waals surface area (Å²) in [6, 6.07) is 15.2. The summed E-state index contributed by atoms with van der Waals surface area (Å²) in [4.78, 5) is 24.1. The van der Waals surface area contributed by atoms with Crippen molar-refractivity contribution < 1.29 is 19.4 Å². The van der Waals surface area contributed by atoms with E-state index in [4.69, 9.17) is 4.74 Å². The number of alkyl carbamates (subject to hydrolysis) is 1. The van der Waals surface area contributed by atoms with Crippen LogP contribution in [0, 0.1) is 11.3 Å². The van der Waals surface area contributed by atoms with E-state index < -0.39 is 18.1 Å². The molecule has 2 aromatic rings. The van der Waals surface area contributed by atoms with Crippen molar-refractivity contribution in [2.24, 2.45) is 11.3 Å². The summed E-state index contributed by atoms with van der Waals surface area (Å²) in [6.45, 7) is 8.16. The van der Waals surface area contributed by atoms with E-state index in [0.29, 0.717) is 6.42 Å². The van der Waals surface area contributed by atoms with Crippen LogP contribution in [-0.4, -0.2) is 29.8 Å². The molecule has 0 spiro atoms. The van der Waals surface area contributed by atoms with E-state index in [1.165, 1.54) is 0 Å². The highest BCUT2D eigenvalue weighted by atomic mass is 16.5. The lowest BCUT2D eigenvalue weighted by atomic mass is 9.82. The number of rotatable bonds is 6. The first-order chi connectivity index (χ1) is 13.7. The monoisotopic (exact) mass is 395 g/mol. The second-order valence-electron chi connectivity index (χ2n) is 9.03. The smallest absolute Gasteiger partial charge is 0.407 e. The molecule has 0 fully saturated rings. The van der Waals surface area contributed by atoms with Gasteiger partial charge in [0.15, 0.2) is 0 Å². The summed E-state index contributed by atoms with van der Waals surface area (Å²) in [5, 5.41) is 12.1. The third-order valence-corrected chi connectivity index (χ3v) is 5.39. The van der Waals surface area contributed by atoms with E-state index >= 15 is 0 Å². The second-order valence-corrected chi connectivity index (χ2v) is 9.03. The maximum absolute atomic E-state index is 12.4. The minimum Gasteiger partial charge on any atom is -0.480 e. The zero-order valence-corrected chi connectivity index (χ0v) is 17.4. The highest BCUT2D eigenvalue weighted by Crippen LogP contribution is 2.44. The number of hydrogen-bond acceptors (Lipinski definition) is 3. The first-order valence-corrected chi connectivity index (χ1v) is 10.0. The Labute approximate surface area is 172 Å². The molecule has 2 aromatic carbocycles. The molecule has 3 rings (SSSR count). The molecule has 0 saturated heterocycles. The van der Waals surface area contributed by atoms with Crippen LogP contribution >= 0.6 is 0 Å². The van der Waals surface area contributed by atoms with Crippen molar-refractivity contribution in [2.45, 2.75) is 46.1 Å². The molecule has 0 aromatic heterocycles. The molecule has 154 valence electrons. The molecule has 5 nitrogen and oxygen atoms in total. The topological polar surface area (TPSA) is 75.6 Å². The SMILES string of the molecule is C[C@H](CC(C)(C)C)[C@H](NC(=O)OCC1c2ccccc2-c2ccccc21)C(=O)O. The maximum Gasteiger partial charge on any atom is 0.407 e. The number of carbonyl (C=O) groups is 2. The summed E-state index contributed by atoms with van der Waals surface area (Å²) in [5.41, 5.74) is 4.52. The first kappa shape index (κ1) is 20.9. The highest BCUT2D eigenvalue weighted by Gasteiger charge is 2.32. The Morgan fingerprint density at radius 3 is 2.03 bits per heavy atom. The first-order valence-electron chi connectivity index (χ1n) is 10.0. The van der Waals surface area contributed by atoms with Crippen LogP contribution < -0.4 is 5.32 Å². The fraction of sp³-hybridized carbons (Fsp3) is 0.417. The number of carboxylic acid groups (broad SMARTS) is 1. The van der Waals surface area contributed by atoms with Crippen LogP contribution in [0.25, 0.3) is 11.1 Å². The average molecular weight is 395 g/mol. The van der Waals surface area contributed by atoms with Gasteiger partial charge in [-0.15, -0.1) is 0 Å². The van der Waals surface area contributed by atoms with Crippen LogP contribution in [0.1, 0.15) is 51.2 Å². The fourth-order valence-corrected chi connectivity index (χ4v) is 4.30. The molecular weight excluding hydrogens is 366 g/mol. The number of carboxylic acids is 1. The molecule has 0 aliphatic heterocycles. The largest absolute Gasteiger partial charge is 0.480 e. The molecule has 0 radical (unpaired) electrons. The van der Waals surface area contributed by atoms with Crippen molar-refractivity contribution in [3.05, 3.63) is 59.7 Å². The average Bonchev–Trinajstić information content (AvgIpc) is 2.96. The number of nitrogens with one attached hydrogen (secondary N) is 1. The van der Waals surface area contributed by atoms with E-state index in [0.717, 1.165) is 22.3 Å². The van der Waals surface area contributed by atoms with E-state index in [-0.39, 0.29) is 23.9 Å². The summed E-state index contributed by atoms with van der Waals surface area (Å²) in [5.74, 6) is -1.31. The van der Waals surface area contributed by atoms with Gasteiger partial charge >= 0.3 is 12.1 Å². The van der Waals surface area contributed by atoms with Crippen LogP contribution in [0.5, 0.6) is 0 Å². The lowest BCUT2D eigenvalue weighted by molar-refractivity contribution is -0.140. The van der Waals surface area contributed by atoms with Gasteiger partial charge in [0.2, 0.25) is 0 Å². The summed E-state index contributed by atoms with van der Waals surface area (Å²) in [6.07, 6.45) is -0.0202. The zero-order valence-electron chi connectivity index (χ0n) is 17.4. The molecule has 0 heterocycles. The Hall–Kier alpha value is -2.82. The van der Waals surface area contributed by atoms with Gasteiger partial charge < -0.3 is 15.2 Å². The van der Waals surface area contributed by atoms with Gasteiger partial charge in [-0.1, -0.05) is 76.2 Å². The number of amides is 1. The van der Waals surface area contributed by atoms with Crippen molar-refractivity contribution in [3.8, 4) is 11.1 Å². The summed E-state index contributed by atoms with van der Waals surface area (Å²) >= 11 is 0. The van der Waals surface area contributed by atoms with Crippen molar-refractivity contribution in [3.63, 3.8) is 0 Å². The van der Waals surface area contributed by atoms with E-state index in [1.807, 2.05) is 43.3 Å². The molecule has 1 amide bonds. The fourth-order valence-electron chi connectivity index (χ4n) is 4.30. The minimum absolute atomic E-state index is 0.0318. The lowest BCUT2D eigenvalue weighted by Gasteiger charge is -2.28. The normalized spacial score (nSPS) is 15.2. The van der Waals surface area contributed by atoms with E-state index in [2.05, 4.69) is 38.2 Å². The number of fused-ring (bicyclic) bond motifs is 3. The molecule has 0 bridgehead atoms. The molecular formula is C24H29NO4. The molecule has 2 atom stereocenters. The Morgan fingerprint density at radius 1 is 1.03 bits per heavy atom. The van der Waals surface area contributed by atoms with Gasteiger partial charge in [0.1, 0.15) is 12.6 Å². The van der Waals surface area contributed by atoms with Gasteiger partial charge in [-0.2, -0.15) is 0 Å². The minimum atomic E-state index is -1.05. The lowest BCUT2D eigenvalue weighted by Crippen LogP contribution is -2.46. The predicted molar refractivity (Wildman–Crippen MR) is 113 cm³/mol. The van der Waals surface area contributed by atoms with Gasteiger partial charge in [-0.3, -0.25) is 0 Å². The van der Waals surface area contributed by atoms with Crippen LogP contribution in [0.4, 0.5) is 4.79 Å². The van der Waals surface area contributed by atoms with Crippen LogP contribution in [-0.2, 0) is 9.53 Å². The van der Waals surface area contributed by atoms with Crippen LogP contribution in [0.3, 0.4) is 0 Å². The quantitative estimate of drug-likeness (QED) is 0.718. The number of carbonyl (C=O) groups excluding carboxylic acids is 1. The van der Waals surface area contributed by atoms with Crippen LogP contribution in [0.2, 0.25) is 0 Å². The molecule has 5 heteroatoms. The zero-order chi connectivity index (χ0) is 21.2.